The molecule has 108 valence electrons. The van der Waals surface area contributed by atoms with E-state index >= 15 is 0 Å². The lowest BCUT2D eigenvalue weighted by atomic mass is 9.88. The highest BCUT2D eigenvalue weighted by molar-refractivity contribution is 4.94. The van der Waals surface area contributed by atoms with Gasteiger partial charge in [-0.15, -0.1) is 0 Å². The maximum atomic E-state index is 6.15. The van der Waals surface area contributed by atoms with Crippen LogP contribution in [0, 0.1) is 5.92 Å². The summed E-state index contributed by atoms with van der Waals surface area (Å²) in [6, 6.07) is 0.661. The van der Waals surface area contributed by atoms with Crippen LogP contribution in [0.25, 0.3) is 0 Å². The van der Waals surface area contributed by atoms with Crippen molar-refractivity contribution in [3.05, 3.63) is 0 Å². The van der Waals surface area contributed by atoms with Crippen molar-refractivity contribution in [1.29, 1.82) is 0 Å². The zero-order valence-corrected chi connectivity index (χ0v) is 13.1. The standard InChI is InChI=1S/C15H33N3/c1-13(2)11-17(5)15(12-16)7-6-9-18(10-8-15)14(3)4/h13-14H,6-12,16H2,1-5H3. The third-order valence-electron chi connectivity index (χ3n) is 4.51. The summed E-state index contributed by atoms with van der Waals surface area (Å²) < 4.78 is 0. The quantitative estimate of drug-likeness (QED) is 0.817. The topological polar surface area (TPSA) is 32.5 Å². The van der Waals surface area contributed by atoms with E-state index in [0.717, 1.165) is 13.1 Å². The Morgan fingerprint density at radius 1 is 1.17 bits per heavy atom. The molecule has 0 bridgehead atoms. The zero-order valence-electron chi connectivity index (χ0n) is 13.1. The van der Waals surface area contributed by atoms with E-state index in [1.165, 1.54) is 32.4 Å². The molecule has 0 amide bonds. The molecule has 1 heterocycles. The molecule has 1 unspecified atom stereocenters. The van der Waals surface area contributed by atoms with Crippen LogP contribution >= 0.6 is 0 Å². The van der Waals surface area contributed by atoms with Crippen molar-refractivity contribution >= 4 is 0 Å². The van der Waals surface area contributed by atoms with Gasteiger partial charge in [0.05, 0.1) is 0 Å². The number of nitrogens with two attached hydrogens (primary N) is 1. The number of likely N-dealkylation sites (N-methyl/N-ethyl adjacent to an activating group) is 1. The van der Waals surface area contributed by atoms with E-state index in [9.17, 15) is 0 Å². The van der Waals surface area contributed by atoms with Crippen LogP contribution in [0.3, 0.4) is 0 Å². The lowest BCUT2D eigenvalue weighted by molar-refractivity contribution is 0.0925. The van der Waals surface area contributed by atoms with Gasteiger partial charge in [-0.1, -0.05) is 13.8 Å². The Labute approximate surface area is 114 Å². The van der Waals surface area contributed by atoms with Gasteiger partial charge in [-0.25, -0.2) is 0 Å². The number of hydrogen-bond donors (Lipinski definition) is 1. The number of rotatable bonds is 5. The van der Waals surface area contributed by atoms with E-state index in [1.54, 1.807) is 0 Å². The second-order valence-electron chi connectivity index (χ2n) is 6.69. The van der Waals surface area contributed by atoms with Crippen molar-refractivity contribution in [3.63, 3.8) is 0 Å². The molecular weight excluding hydrogens is 222 g/mol. The number of nitrogens with zero attached hydrogens (tertiary/aromatic N) is 2. The molecule has 1 saturated heterocycles. The maximum Gasteiger partial charge on any atom is 0.0341 e. The Balaban J connectivity index is 2.69. The molecule has 1 atom stereocenters. The molecule has 0 aromatic carbocycles. The van der Waals surface area contributed by atoms with E-state index in [1.807, 2.05) is 0 Å². The molecule has 0 spiro atoms. The third kappa shape index (κ3) is 3.94. The summed E-state index contributed by atoms with van der Waals surface area (Å²) in [6.07, 6.45) is 3.73. The van der Waals surface area contributed by atoms with Crippen LogP contribution in [0.4, 0.5) is 0 Å². The molecule has 3 heteroatoms. The highest BCUT2D eigenvalue weighted by Crippen LogP contribution is 2.28. The summed E-state index contributed by atoms with van der Waals surface area (Å²) in [6.45, 7) is 13.5. The molecular formula is C15H33N3. The van der Waals surface area contributed by atoms with Crippen molar-refractivity contribution < 1.29 is 0 Å². The zero-order chi connectivity index (χ0) is 13.8. The molecule has 0 radical (unpaired) electrons. The molecule has 1 aliphatic rings. The first-order chi connectivity index (χ1) is 8.41. The molecule has 0 aromatic rings. The summed E-state index contributed by atoms with van der Waals surface area (Å²) in [5, 5.41) is 0. The molecule has 18 heavy (non-hydrogen) atoms. The number of likely N-dealkylation sites (tertiary alicyclic amines) is 1. The second-order valence-corrected chi connectivity index (χ2v) is 6.69. The molecule has 0 aromatic heterocycles. The predicted molar refractivity (Wildman–Crippen MR) is 79.8 cm³/mol. The molecule has 1 aliphatic heterocycles. The van der Waals surface area contributed by atoms with Crippen LogP contribution in [0.5, 0.6) is 0 Å². The minimum absolute atomic E-state index is 0.230. The van der Waals surface area contributed by atoms with Crippen molar-refractivity contribution in [2.24, 2.45) is 11.7 Å². The Kier molecular flexibility index (Phi) is 6.09. The molecule has 2 N–H and O–H groups in total. The van der Waals surface area contributed by atoms with Crippen molar-refractivity contribution in [1.82, 2.24) is 9.80 Å². The maximum absolute atomic E-state index is 6.15. The van der Waals surface area contributed by atoms with E-state index in [-0.39, 0.29) is 5.54 Å². The first kappa shape index (κ1) is 15.9. The van der Waals surface area contributed by atoms with Crippen LogP contribution in [-0.2, 0) is 0 Å². The largest absolute Gasteiger partial charge is 0.329 e. The van der Waals surface area contributed by atoms with Gasteiger partial charge >= 0.3 is 0 Å². The van der Waals surface area contributed by atoms with Gasteiger partial charge in [-0.2, -0.15) is 0 Å². The van der Waals surface area contributed by atoms with Crippen LogP contribution in [0.1, 0.15) is 47.0 Å². The number of hydrogen-bond acceptors (Lipinski definition) is 3. The lowest BCUT2D eigenvalue weighted by Crippen LogP contribution is -2.53. The predicted octanol–water partition coefficient (Wildman–Crippen LogP) is 2.17. The van der Waals surface area contributed by atoms with Gasteiger partial charge in [-0.3, -0.25) is 4.90 Å². The lowest BCUT2D eigenvalue weighted by Gasteiger charge is -2.42. The van der Waals surface area contributed by atoms with Crippen LogP contribution < -0.4 is 5.73 Å². The average molecular weight is 255 g/mol. The highest BCUT2D eigenvalue weighted by Gasteiger charge is 2.35. The summed E-state index contributed by atoms with van der Waals surface area (Å²) in [4.78, 5) is 5.13. The summed E-state index contributed by atoms with van der Waals surface area (Å²) in [5.41, 5.74) is 6.38. The van der Waals surface area contributed by atoms with Crippen LogP contribution in [0.2, 0.25) is 0 Å². The Morgan fingerprint density at radius 2 is 1.83 bits per heavy atom. The summed E-state index contributed by atoms with van der Waals surface area (Å²) in [7, 11) is 2.26. The Hall–Kier alpha value is -0.120. The summed E-state index contributed by atoms with van der Waals surface area (Å²) in [5.74, 6) is 0.711. The normalized spacial score (nSPS) is 27.2. The van der Waals surface area contributed by atoms with Gasteiger partial charge in [0.2, 0.25) is 0 Å². The van der Waals surface area contributed by atoms with E-state index in [4.69, 9.17) is 5.73 Å². The Morgan fingerprint density at radius 3 is 2.33 bits per heavy atom. The van der Waals surface area contributed by atoms with Crippen molar-refractivity contribution in [3.8, 4) is 0 Å². The fraction of sp³-hybridized carbons (Fsp3) is 1.00. The monoisotopic (exact) mass is 255 g/mol. The fourth-order valence-electron chi connectivity index (χ4n) is 3.20. The van der Waals surface area contributed by atoms with Crippen molar-refractivity contribution in [2.45, 2.75) is 58.5 Å². The van der Waals surface area contributed by atoms with Gasteiger partial charge < -0.3 is 10.6 Å². The van der Waals surface area contributed by atoms with Gasteiger partial charge in [0.25, 0.3) is 0 Å². The molecule has 1 fully saturated rings. The smallest absolute Gasteiger partial charge is 0.0341 e. The van der Waals surface area contributed by atoms with E-state index < -0.39 is 0 Å². The van der Waals surface area contributed by atoms with Gasteiger partial charge in [0, 0.05) is 31.2 Å². The Bertz CT molecular complexity index is 240. The fourth-order valence-corrected chi connectivity index (χ4v) is 3.20. The molecule has 0 saturated carbocycles. The summed E-state index contributed by atoms with van der Waals surface area (Å²) >= 11 is 0. The van der Waals surface area contributed by atoms with Crippen LogP contribution in [-0.4, -0.2) is 54.6 Å². The second kappa shape index (κ2) is 6.88. The first-order valence-electron chi connectivity index (χ1n) is 7.56. The van der Waals surface area contributed by atoms with Gasteiger partial charge in [0.15, 0.2) is 0 Å². The third-order valence-corrected chi connectivity index (χ3v) is 4.51. The minimum Gasteiger partial charge on any atom is -0.329 e. The van der Waals surface area contributed by atoms with Gasteiger partial charge in [0.1, 0.15) is 0 Å². The van der Waals surface area contributed by atoms with E-state index in [0.29, 0.717) is 12.0 Å². The first-order valence-corrected chi connectivity index (χ1v) is 7.56. The van der Waals surface area contributed by atoms with Crippen molar-refractivity contribution in [2.75, 3.05) is 33.2 Å². The van der Waals surface area contributed by atoms with E-state index in [2.05, 4.69) is 44.5 Å². The minimum atomic E-state index is 0.230. The molecule has 1 rings (SSSR count). The SMILES string of the molecule is CC(C)CN(C)C1(CN)CCCN(C(C)C)CC1. The molecule has 3 nitrogen and oxygen atoms in total. The average Bonchev–Trinajstić information content (AvgIpc) is 2.51. The van der Waals surface area contributed by atoms with Gasteiger partial charge in [-0.05, 0) is 52.6 Å². The van der Waals surface area contributed by atoms with Crippen LogP contribution in [0.15, 0.2) is 0 Å². The highest BCUT2D eigenvalue weighted by atomic mass is 15.2. The molecule has 0 aliphatic carbocycles.